The van der Waals surface area contributed by atoms with Gasteiger partial charge in [0.2, 0.25) is 5.88 Å². The van der Waals surface area contributed by atoms with Gasteiger partial charge in [-0.25, -0.2) is 0 Å². The number of anilines is 1. The third-order valence-electron chi connectivity index (χ3n) is 2.65. The number of hydrogen-bond acceptors (Lipinski definition) is 5. The zero-order valence-electron chi connectivity index (χ0n) is 10.3. The Morgan fingerprint density at radius 2 is 1.89 bits per heavy atom. The molecule has 2 aromatic rings. The van der Waals surface area contributed by atoms with E-state index < -0.39 is 0 Å². The van der Waals surface area contributed by atoms with Crippen LogP contribution in [0.3, 0.4) is 0 Å². The van der Waals surface area contributed by atoms with E-state index >= 15 is 0 Å². The second-order valence-corrected chi connectivity index (χ2v) is 4.12. The Balaban J connectivity index is 2.66. The lowest BCUT2D eigenvalue weighted by Crippen LogP contribution is -1.96. The molecule has 5 nitrogen and oxygen atoms in total. The summed E-state index contributed by atoms with van der Waals surface area (Å²) in [5.74, 6) is 1.31. The molecule has 0 fully saturated rings. The largest absolute Gasteiger partial charge is 0.493 e. The van der Waals surface area contributed by atoms with Gasteiger partial charge in [0, 0.05) is 17.2 Å². The molecule has 0 unspecified atom stereocenters. The third kappa shape index (κ3) is 1.97. The average molecular weight is 269 g/mol. The SMILES string of the molecule is COc1c(Cl)cc(-c2cc(N)on2)c(C)c1OC. The highest BCUT2D eigenvalue weighted by atomic mass is 35.5. The Morgan fingerprint density at radius 3 is 2.39 bits per heavy atom. The van der Waals surface area contributed by atoms with Crippen LogP contribution < -0.4 is 15.2 Å². The Hall–Kier alpha value is -1.88. The summed E-state index contributed by atoms with van der Waals surface area (Å²) in [5, 5.41) is 4.31. The van der Waals surface area contributed by atoms with Crippen LogP contribution in [-0.4, -0.2) is 19.4 Å². The maximum absolute atomic E-state index is 6.15. The number of nitrogen functional groups attached to an aromatic ring is 1. The van der Waals surface area contributed by atoms with Gasteiger partial charge in [0.15, 0.2) is 11.5 Å². The first kappa shape index (κ1) is 12.6. The highest BCUT2D eigenvalue weighted by Gasteiger charge is 2.18. The minimum atomic E-state index is 0.246. The van der Waals surface area contributed by atoms with Crippen molar-refractivity contribution >= 4 is 17.5 Å². The molecular weight excluding hydrogens is 256 g/mol. The fourth-order valence-corrected chi connectivity index (χ4v) is 2.09. The van der Waals surface area contributed by atoms with Gasteiger partial charge in [0.25, 0.3) is 0 Å². The van der Waals surface area contributed by atoms with Crippen molar-refractivity contribution in [2.45, 2.75) is 6.92 Å². The fraction of sp³-hybridized carbons (Fsp3) is 0.250. The first-order valence-corrected chi connectivity index (χ1v) is 5.60. The maximum atomic E-state index is 6.15. The maximum Gasteiger partial charge on any atom is 0.222 e. The minimum Gasteiger partial charge on any atom is -0.493 e. The van der Waals surface area contributed by atoms with Gasteiger partial charge in [-0.1, -0.05) is 16.8 Å². The number of rotatable bonds is 3. The Bertz CT molecular complexity index is 581. The predicted molar refractivity (Wildman–Crippen MR) is 69.2 cm³/mol. The van der Waals surface area contributed by atoms with Gasteiger partial charge in [-0.3, -0.25) is 0 Å². The molecule has 0 aliphatic heterocycles. The van der Waals surface area contributed by atoms with E-state index in [1.807, 2.05) is 6.92 Å². The number of hydrogen-bond donors (Lipinski definition) is 1. The van der Waals surface area contributed by atoms with Gasteiger partial charge in [-0.05, 0) is 13.0 Å². The molecule has 2 rings (SSSR count). The molecule has 0 radical (unpaired) electrons. The van der Waals surface area contributed by atoms with Crippen LogP contribution in [0.2, 0.25) is 5.02 Å². The second-order valence-electron chi connectivity index (χ2n) is 3.71. The molecule has 0 aliphatic rings. The summed E-state index contributed by atoms with van der Waals surface area (Å²) in [5.41, 5.74) is 7.76. The summed E-state index contributed by atoms with van der Waals surface area (Å²) in [6.45, 7) is 1.89. The van der Waals surface area contributed by atoms with Crippen molar-refractivity contribution in [3.05, 3.63) is 22.7 Å². The van der Waals surface area contributed by atoms with E-state index in [-0.39, 0.29) is 5.88 Å². The summed E-state index contributed by atoms with van der Waals surface area (Å²) in [7, 11) is 3.10. The van der Waals surface area contributed by atoms with E-state index in [4.69, 9.17) is 31.3 Å². The lowest BCUT2D eigenvalue weighted by atomic mass is 10.0. The lowest BCUT2D eigenvalue weighted by Gasteiger charge is -2.14. The quantitative estimate of drug-likeness (QED) is 0.927. The van der Waals surface area contributed by atoms with Gasteiger partial charge in [0.05, 0.1) is 19.2 Å². The number of methoxy groups -OCH3 is 2. The van der Waals surface area contributed by atoms with Crippen molar-refractivity contribution in [1.29, 1.82) is 0 Å². The first-order chi connectivity index (χ1) is 8.58. The highest BCUT2D eigenvalue weighted by molar-refractivity contribution is 6.32. The zero-order valence-corrected chi connectivity index (χ0v) is 11.0. The summed E-state index contributed by atoms with van der Waals surface area (Å²) >= 11 is 6.15. The Morgan fingerprint density at radius 1 is 1.22 bits per heavy atom. The number of ether oxygens (including phenoxy) is 2. The number of aromatic nitrogens is 1. The molecule has 2 N–H and O–H groups in total. The van der Waals surface area contributed by atoms with E-state index in [2.05, 4.69) is 5.16 Å². The van der Waals surface area contributed by atoms with Gasteiger partial charge in [-0.15, -0.1) is 0 Å². The van der Waals surface area contributed by atoms with Crippen LogP contribution in [0.25, 0.3) is 11.3 Å². The van der Waals surface area contributed by atoms with Crippen LogP contribution in [0.5, 0.6) is 11.5 Å². The standard InChI is InChI=1S/C12H13ClN2O3/c1-6-7(9-5-10(14)18-15-9)4-8(13)12(17-3)11(6)16-2/h4-5H,14H2,1-3H3. The molecule has 1 aromatic carbocycles. The van der Waals surface area contributed by atoms with Crippen molar-refractivity contribution in [3.8, 4) is 22.8 Å². The molecule has 0 amide bonds. The van der Waals surface area contributed by atoms with Crippen LogP contribution in [-0.2, 0) is 0 Å². The molecule has 0 bridgehead atoms. The van der Waals surface area contributed by atoms with E-state index in [1.54, 1.807) is 19.2 Å². The molecule has 6 heteroatoms. The average Bonchev–Trinajstić information content (AvgIpc) is 2.77. The van der Waals surface area contributed by atoms with Crippen LogP contribution >= 0.6 is 11.6 Å². The van der Waals surface area contributed by atoms with Crippen molar-refractivity contribution in [1.82, 2.24) is 5.16 Å². The van der Waals surface area contributed by atoms with Gasteiger partial charge in [0.1, 0.15) is 5.69 Å². The van der Waals surface area contributed by atoms with E-state index in [0.717, 1.165) is 11.1 Å². The van der Waals surface area contributed by atoms with E-state index in [1.165, 1.54) is 7.11 Å². The monoisotopic (exact) mass is 268 g/mol. The molecule has 0 atom stereocenters. The number of halogens is 1. The van der Waals surface area contributed by atoms with Crippen LogP contribution in [0.1, 0.15) is 5.56 Å². The molecule has 1 heterocycles. The predicted octanol–water partition coefficient (Wildman–Crippen LogP) is 2.90. The molecule has 0 saturated carbocycles. The summed E-state index contributed by atoms with van der Waals surface area (Å²) < 4.78 is 15.4. The van der Waals surface area contributed by atoms with Crippen molar-refractivity contribution in [2.24, 2.45) is 0 Å². The Labute approximate surface area is 109 Å². The van der Waals surface area contributed by atoms with E-state index in [9.17, 15) is 0 Å². The molecule has 0 saturated heterocycles. The summed E-state index contributed by atoms with van der Waals surface area (Å²) in [4.78, 5) is 0. The zero-order chi connectivity index (χ0) is 13.3. The summed E-state index contributed by atoms with van der Waals surface area (Å²) in [6, 6.07) is 3.38. The van der Waals surface area contributed by atoms with Crippen molar-refractivity contribution in [2.75, 3.05) is 20.0 Å². The lowest BCUT2D eigenvalue weighted by molar-refractivity contribution is 0.353. The van der Waals surface area contributed by atoms with E-state index in [0.29, 0.717) is 22.2 Å². The van der Waals surface area contributed by atoms with Gasteiger partial charge >= 0.3 is 0 Å². The molecule has 0 aliphatic carbocycles. The molecule has 1 aromatic heterocycles. The highest BCUT2D eigenvalue weighted by Crippen LogP contribution is 2.42. The minimum absolute atomic E-state index is 0.246. The molecule has 18 heavy (non-hydrogen) atoms. The fourth-order valence-electron chi connectivity index (χ4n) is 1.82. The van der Waals surface area contributed by atoms with Crippen LogP contribution in [0.15, 0.2) is 16.7 Å². The number of benzene rings is 1. The molecular formula is C12H13ClN2O3. The number of nitrogens with two attached hydrogens (primary N) is 1. The van der Waals surface area contributed by atoms with Crippen LogP contribution in [0, 0.1) is 6.92 Å². The van der Waals surface area contributed by atoms with Gasteiger partial charge < -0.3 is 19.7 Å². The Kier molecular flexibility index (Phi) is 3.34. The first-order valence-electron chi connectivity index (χ1n) is 5.22. The van der Waals surface area contributed by atoms with Gasteiger partial charge in [-0.2, -0.15) is 0 Å². The van der Waals surface area contributed by atoms with Crippen molar-refractivity contribution < 1.29 is 14.0 Å². The molecule has 0 spiro atoms. The normalized spacial score (nSPS) is 10.4. The van der Waals surface area contributed by atoms with Crippen molar-refractivity contribution in [3.63, 3.8) is 0 Å². The topological polar surface area (TPSA) is 70.5 Å². The third-order valence-corrected chi connectivity index (χ3v) is 2.93. The number of nitrogens with zero attached hydrogens (tertiary/aromatic N) is 1. The second kappa shape index (κ2) is 4.78. The summed E-state index contributed by atoms with van der Waals surface area (Å²) in [6.07, 6.45) is 0. The molecule has 96 valence electrons. The van der Waals surface area contributed by atoms with Crippen LogP contribution in [0.4, 0.5) is 5.88 Å². The smallest absolute Gasteiger partial charge is 0.222 e.